The first-order valence-corrected chi connectivity index (χ1v) is 9.72. The zero-order chi connectivity index (χ0) is 17.9. The molecule has 0 radical (unpaired) electrons. The van der Waals surface area contributed by atoms with Gasteiger partial charge in [-0.05, 0) is 43.4 Å². The summed E-state index contributed by atoms with van der Waals surface area (Å²) in [4.78, 5) is 19.0. The summed E-state index contributed by atoms with van der Waals surface area (Å²) in [7, 11) is 0. The Morgan fingerprint density at radius 1 is 1.23 bits per heavy atom. The second-order valence-corrected chi connectivity index (χ2v) is 6.81. The third-order valence-corrected chi connectivity index (χ3v) is 5.07. The van der Waals surface area contributed by atoms with E-state index in [0.717, 1.165) is 18.9 Å². The number of rotatable bonds is 5. The molecule has 0 saturated carbocycles. The lowest BCUT2D eigenvalue weighted by atomic mass is 10.2. The molecule has 4 rings (SSSR count). The standard InChI is InChI=1S/C17H19N7OS/c1-26-17-12(5-4-8-18-17)16(25)19-11-15-21-20-13-6-7-14(22-24(13)15)23-9-2-3-10-23/h4-8H,2-3,9-11H2,1H3,(H,19,25). The fourth-order valence-electron chi connectivity index (χ4n) is 3.03. The molecule has 8 nitrogen and oxygen atoms in total. The van der Waals surface area contributed by atoms with Gasteiger partial charge in [-0.25, -0.2) is 4.98 Å². The Balaban J connectivity index is 1.53. The molecule has 3 aromatic rings. The quantitative estimate of drug-likeness (QED) is 0.686. The summed E-state index contributed by atoms with van der Waals surface area (Å²) in [6.07, 6.45) is 5.95. The molecule has 1 N–H and O–H groups in total. The van der Waals surface area contributed by atoms with Crippen molar-refractivity contribution in [2.24, 2.45) is 0 Å². The number of aromatic nitrogens is 5. The average Bonchev–Trinajstić information content (AvgIpc) is 3.35. The maximum atomic E-state index is 12.5. The van der Waals surface area contributed by atoms with Gasteiger partial charge in [-0.2, -0.15) is 4.52 Å². The predicted molar refractivity (Wildman–Crippen MR) is 99.4 cm³/mol. The fourth-order valence-corrected chi connectivity index (χ4v) is 3.58. The summed E-state index contributed by atoms with van der Waals surface area (Å²) >= 11 is 1.44. The van der Waals surface area contributed by atoms with Gasteiger partial charge in [-0.3, -0.25) is 4.79 Å². The number of anilines is 1. The number of amides is 1. The van der Waals surface area contributed by atoms with E-state index in [-0.39, 0.29) is 12.5 Å². The van der Waals surface area contributed by atoms with Crippen LogP contribution in [-0.4, -0.2) is 50.0 Å². The van der Waals surface area contributed by atoms with Gasteiger partial charge < -0.3 is 10.2 Å². The van der Waals surface area contributed by atoms with Crippen molar-refractivity contribution in [3.05, 3.63) is 41.9 Å². The molecular weight excluding hydrogens is 350 g/mol. The van der Waals surface area contributed by atoms with Crippen molar-refractivity contribution in [1.29, 1.82) is 0 Å². The van der Waals surface area contributed by atoms with Gasteiger partial charge in [0.05, 0.1) is 12.1 Å². The van der Waals surface area contributed by atoms with Crippen molar-refractivity contribution in [1.82, 2.24) is 30.1 Å². The molecule has 3 aromatic heterocycles. The third kappa shape index (κ3) is 3.22. The van der Waals surface area contributed by atoms with Crippen molar-refractivity contribution in [2.75, 3.05) is 24.2 Å². The molecule has 4 heterocycles. The third-order valence-electron chi connectivity index (χ3n) is 4.36. The summed E-state index contributed by atoms with van der Waals surface area (Å²) < 4.78 is 1.70. The number of carbonyl (C=O) groups is 1. The lowest BCUT2D eigenvalue weighted by Crippen LogP contribution is -2.25. The highest BCUT2D eigenvalue weighted by Crippen LogP contribution is 2.19. The first-order chi connectivity index (χ1) is 12.8. The number of nitrogens with zero attached hydrogens (tertiary/aromatic N) is 6. The summed E-state index contributed by atoms with van der Waals surface area (Å²) in [5.74, 6) is 1.33. The molecule has 0 unspecified atom stereocenters. The molecule has 0 bridgehead atoms. The molecule has 9 heteroatoms. The first kappa shape index (κ1) is 16.8. The summed E-state index contributed by atoms with van der Waals surface area (Å²) in [5, 5.41) is 16.5. The van der Waals surface area contributed by atoms with E-state index in [1.54, 1.807) is 22.8 Å². The van der Waals surface area contributed by atoms with Crippen LogP contribution < -0.4 is 10.2 Å². The molecule has 0 aliphatic carbocycles. The topological polar surface area (TPSA) is 88.3 Å². The van der Waals surface area contributed by atoms with E-state index in [4.69, 9.17) is 0 Å². The second-order valence-electron chi connectivity index (χ2n) is 6.01. The van der Waals surface area contributed by atoms with E-state index in [1.165, 1.54) is 24.6 Å². The van der Waals surface area contributed by atoms with Gasteiger partial charge >= 0.3 is 0 Å². The molecule has 1 fully saturated rings. The van der Waals surface area contributed by atoms with Crippen LogP contribution in [0.5, 0.6) is 0 Å². The van der Waals surface area contributed by atoms with E-state index in [9.17, 15) is 4.79 Å². The van der Waals surface area contributed by atoms with E-state index in [1.807, 2.05) is 18.4 Å². The Labute approximate surface area is 155 Å². The number of hydrogen-bond donors (Lipinski definition) is 1. The predicted octanol–water partition coefficient (Wildman–Crippen LogP) is 1.77. The molecule has 1 saturated heterocycles. The Hall–Kier alpha value is -2.68. The Bertz CT molecular complexity index is 936. The van der Waals surface area contributed by atoms with Gasteiger partial charge in [-0.1, -0.05) is 0 Å². The monoisotopic (exact) mass is 369 g/mol. The van der Waals surface area contributed by atoms with Crippen LogP contribution in [0.25, 0.3) is 5.65 Å². The van der Waals surface area contributed by atoms with Gasteiger partial charge in [0.1, 0.15) is 10.8 Å². The van der Waals surface area contributed by atoms with Crippen molar-refractivity contribution < 1.29 is 4.79 Å². The number of nitrogens with one attached hydrogen (secondary N) is 1. The zero-order valence-corrected chi connectivity index (χ0v) is 15.2. The van der Waals surface area contributed by atoms with Gasteiger partial charge in [0.2, 0.25) is 0 Å². The lowest BCUT2D eigenvalue weighted by Gasteiger charge is -2.15. The Morgan fingerprint density at radius 3 is 2.88 bits per heavy atom. The fraction of sp³-hybridized carbons (Fsp3) is 0.353. The van der Waals surface area contributed by atoms with E-state index in [0.29, 0.717) is 22.1 Å². The normalized spacial score (nSPS) is 14.1. The lowest BCUT2D eigenvalue weighted by molar-refractivity contribution is 0.0946. The van der Waals surface area contributed by atoms with Gasteiger partial charge in [-0.15, -0.1) is 27.1 Å². The second kappa shape index (κ2) is 7.28. The summed E-state index contributed by atoms with van der Waals surface area (Å²) in [5.41, 5.74) is 1.22. The molecule has 0 atom stereocenters. The van der Waals surface area contributed by atoms with Crippen LogP contribution >= 0.6 is 11.8 Å². The number of thioether (sulfide) groups is 1. The largest absolute Gasteiger partial charge is 0.355 e. The Kier molecular flexibility index (Phi) is 4.70. The minimum atomic E-state index is -0.185. The Morgan fingerprint density at radius 2 is 2.08 bits per heavy atom. The number of carbonyl (C=O) groups excluding carboxylic acids is 1. The van der Waals surface area contributed by atoms with Crippen molar-refractivity contribution in [3.63, 3.8) is 0 Å². The van der Waals surface area contributed by atoms with Crippen molar-refractivity contribution in [3.8, 4) is 0 Å². The summed E-state index contributed by atoms with van der Waals surface area (Å²) in [6.45, 7) is 2.29. The summed E-state index contributed by atoms with van der Waals surface area (Å²) in [6, 6.07) is 7.40. The number of fused-ring (bicyclic) bond motifs is 1. The number of hydrogen-bond acceptors (Lipinski definition) is 7. The minimum absolute atomic E-state index is 0.185. The zero-order valence-electron chi connectivity index (χ0n) is 14.4. The molecule has 134 valence electrons. The molecule has 1 amide bonds. The van der Waals surface area contributed by atoms with Crippen LogP contribution in [0.3, 0.4) is 0 Å². The van der Waals surface area contributed by atoms with Gasteiger partial charge in [0.25, 0.3) is 5.91 Å². The van der Waals surface area contributed by atoms with Crippen LogP contribution in [0.2, 0.25) is 0 Å². The van der Waals surface area contributed by atoms with Crippen LogP contribution in [0.15, 0.2) is 35.5 Å². The average molecular weight is 369 g/mol. The van der Waals surface area contributed by atoms with Gasteiger partial charge in [0, 0.05) is 19.3 Å². The van der Waals surface area contributed by atoms with E-state index < -0.39 is 0 Å². The molecule has 1 aliphatic heterocycles. The first-order valence-electron chi connectivity index (χ1n) is 8.50. The van der Waals surface area contributed by atoms with Crippen LogP contribution in [-0.2, 0) is 6.54 Å². The highest BCUT2D eigenvalue weighted by atomic mass is 32.2. The van der Waals surface area contributed by atoms with Crippen LogP contribution in [0.4, 0.5) is 5.82 Å². The maximum Gasteiger partial charge on any atom is 0.254 e. The highest BCUT2D eigenvalue weighted by Gasteiger charge is 2.17. The van der Waals surface area contributed by atoms with Crippen LogP contribution in [0.1, 0.15) is 29.0 Å². The number of pyridine rings is 1. The molecular formula is C17H19N7OS. The van der Waals surface area contributed by atoms with Crippen LogP contribution in [0, 0.1) is 0 Å². The molecule has 0 aromatic carbocycles. The maximum absolute atomic E-state index is 12.5. The van der Waals surface area contributed by atoms with Gasteiger partial charge in [0.15, 0.2) is 11.5 Å². The molecule has 1 aliphatic rings. The SMILES string of the molecule is CSc1ncccc1C(=O)NCc1nnc2ccc(N3CCCC3)nn12. The minimum Gasteiger partial charge on any atom is -0.355 e. The van der Waals surface area contributed by atoms with E-state index in [2.05, 4.69) is 30.5 Å². The van der Waals surface area contributed by atoms with E-state index >= 15 is 0 Å². The van der Waals surface area contributed by atoms with Crippen molar-refractivity contribution in [2.45, 2.75) is 24.4 Å². The smallest absolute Gasteiger partial charge is 0.254 e. The highest BCUT2D eigenvalue weighted by molar-refractivity contribution is 7.98. The molecule has 0 spiro atoms. The molecule has 26 heavy (non-hydrogen) atoms. The van der Waals surface area contributed by atoms with Crippen molar-refractivity contribution >= 4 is 29.1 Å².